The number of carbonyl (C=O) groups excluding carboxylic acids is 2. The molecule has 0 atom stereocenters. The molecule has 2 N–H and O–H groups in total. The summed E-state index contributed by atoms with van der Waals surface area (Å²) in [5.74, 6) is -0.355. The van der Waals surface area contributed by atoms with Gasteiger partial charge in [-0.3, -0.25) is 9.59 Å². The zero-order chi connectivity index (χ0) is 20.8. The second-order valence-corrected chi connectivity index (χ2v) is 6.42. The fraction of sp³-hybridized carbons (Fsp3) is 0.238. The molecule has 29 heavy (non-hydrogen) atoms. The predicted octanol–water partition coefficient (Wildman–Crippen LogP) is 4.30. The van der Waals surface area contributed by atoms with Crippen molar-refractivity contribution in [1.29, 1.82) is 0 Å². The fourth-order valence-electron chi connectivity index (χ4n) is 2.62. The first-order valence-corrected chi connectivity index (χ1v) is 8.98. The van der Waals surface area contributed by atoms with Gasteiger partial charge in [-0.1, -0.05) is 12.1 Å². The van der Waals surface area contributed by atoms with E-state index in [1.54, 1.807) is 30.3 Å². The Bertz CT molecular complexity index is 909. The summed E-state index contributed by atoms with van der Waals surface area (Å²) in [6, 6.07) is 11.3. The lowest BCUT2D eigenvalue weighted by atomic mass is 10.1. The standard InChI is InChI=1S/C21H20F2N2O4/c1-28-17-4-2-3-13(19(17)29-21(22)23)7-12-18(26)24-15-8-10-16(11-9-15)25-20(27)14-5-6-14/h2-4,7-12,14,21H,5-6H2,1H3,(H,24,26)(H,25,27)/b12-7+. The van der Waals surface area contributed by atoms with Gasteiger partial charge in [0.25, 0.3) is 0 Å². The normalized spacial score (nSPS) is 13.4. The van der Waals surface area contributed by atoms with E-state index in [0.717, 1.165) is 12.8 Å². The average molecular weight is 402 g/mol. The van der Waals surface area contributed by atoms with Gasteiger partial charge >= 0.3 is 6.61 Å². The van der Waals surface area contributed by atoms with Crippen LogP contribution in [0.2, 0.25) is 0 Å². The molecule has 1 saturated carbocycles. The molecular formula is C21H20F2N2O4. The highest BCUT2D eigenvalue weighted by molar-refractivity contribution is 6.02. The Morgan fingerprint density at radius 1 is 1.07 bits per heavy atom. The molecule has 0 bridgehead atoms. The Morgan fingerprint density at radius 3 is 2.31 bits per heavy atom. The van der Waals surface area contributed by atoms with Crippen LogP contribution in [0.1, 0.15) is 18.4 Å². The van der Waals surface area contributed by atoms with Crippen molar-refractivity contribution in [3.05, 3.63) is 54.1 Å². The fourth-order valence-corrected chi connectivity index (χ4v) is 2.62. The zero-order valence-electron chi connectivity index (χ0n) is 15.7. The van der Waals surface area contributed by atoms with Crippen LogP contribution in [0.15, 0.2) is 48.5 Å². The molecule has 0 spiro atoms. The van der Waals surface area contributed by atoms with E-state index in [1.807, 2.05) is 0 Å². The minimum atomic E-state index is -3.02. The second kappa shape index (κ2) is 9.18. The Morgan fingerprint density at radius 2 is 1.72 bits per heavy atom. The molecule has 0 unspecified atom stereocenters. The molecule has 0 heterocycles. The molecule has 0 saturated heterocycles. The van der Waals surface area contributed by atoms with Gasteiger partial charge in [-0.05, 0) is 49.2 Å². The molecule has 152 valence electrons. The number of ether oxygens (including phenoxy) is 2. The van der Waals surface area contributed by atoms with Crippen molar-refractivity contribution in [3.63, 3.8) is 0 Å². The number of anilines is 2. The van der Waals surface area contributed by atoms with Crippen LogP contribution in [0.5, 0.6) is 11.5 Å². The molecule has 8 heteroatoms. The number of hydrogen-bond donors (Lipinski definition) is 2. The van der Waals surface area contributed by atoms with Crippen LogP contribution >= 0.6 is 0 Å². The number of para-hydroxylation sites is 1. The highest BCUT2D eigenvalue weighted by Crippen LogP contribution is 2.33. The Hall–Kier alpha value is -3.42. The van der Waals surface area contributed by atoms with Crippen molar-refractivity contribution < 1.29 is 27.8 Å². The highest BCUT2D eigenvalue weighted by Gasteiger charge is 2.29. The lowest BCUT2D eigenvalue weighted by Gasteiger charge is -2.12. The van der Waals surface area contributed by atoms with Crippen LogP contribution in [0, 0.1) is 5.92 Å². The van der Waals surface area contributed by atoms with E-state index >= 15 is 0 Å². The number of alkyl halides is 2. The minimum Gasteiger partial charge on any atom is -0.493 e. The molecule has 2 aromatic rings. The van der Waals surface area contributed by atoms with E-state index in [4.69, 9.17) is 4.74 Å². The Labute approximate surface area is 166 Å². The number of methoxy groups -OCH3 is 1. The van der Waals surface area contributed by atoms with Crippen molar-refractivity contribution in [2.24, 2.45) is 5.92 Å². The second-order valence-electron chi connectivity index (χ2n) is 6.42. The lowest BCUT2D eigenvalue weighted by molar-refractivity contribution is -0.117. The van der Waals surface area contributed by atoms with Gasteiger partial charge in [0.1, 0.15) is 0 Å². The van der Waals surface area contributed by atoms with E-state index < -0.39 is 12.5 Å². The minimum absolute atomic E-state index is 0.00447. The highest BCUT2D eigenvalue weighted by atomic mass is 19.3. The number of nitrogens with one attached hydrogen (secondary N) is 2. The molecule has 0 aromatic heterocycles. The molecular weight excluding hydrogens is 382 g/mol. The predicted molar refractivity (Wildman–Crippen MR) is 105 cm³/mol. The maximum Gasteiger partial charge on any atom is 0.387 e. The Kier molecular flexibility index (Phi) is 6.43. The largest absolute Gasteiger partial charge is 0.493 e. The number of carbonyl (C=O) groups is 2. The molecule has 2 aromatic carbocycles. The van der Waals surface area contributed by atoms with E-state index in [2.05, 4.69) is 15.4 Å². The summed E-state index contributed by atoms with van der Waals surface area (Å²) >= 11 is 0. The molecule has 6 nitrogen and oxygen atoms in total. The van der Waals surface area contributed by atoms with Crippen LogP contribution < -0.4 is 20.1 Å². The smallest absolute Gasteiger partial charge is 0.387 e. The van der Waals surface area contributed by atoms with Crippen LogP contribution in [0.3, 0.4) is 0 Å². The van der Waals surface area contributed by atoms with Crippen LogP contribution in [-0.4, -0.2) is 25.5 Å². The van der Waals surface area contributed by atoms with Crippen LogP contribution in [-0.2, 0) is 9.59 Å². The van der Waals surface area contributed by atoms with Crippen molar-refractivity contribution in [3.8, 4) is 11.5 Å². The van der Waals surface area contributed by atoms with Gasteiger partial charge in [0, 0.05) is 28.9 Å². The van der Waals surface area contributed by atoms with Gasteiger partial charge in [0.05, 0.1) is 7.11 Å². The third-order valence-electron chi connectivity index (χ3n) is 4.22. The zero-order valence-corrected chi connectivity index (χ0v) is 15.7. The maximum atomic E-state index is 12.7. The maximum absolute atomic E-state index is 12.7. The summed E-state index contributed by atoms with van der Waals surface area (Å²) in [5.41, 5.74) is 1.46. The van der Waals surface area contributed by atoms with Gasteiger partial charge < -0.3 is 20.1 Å². The molecule has 3 rings (SSSR count). The number of benzene rings is 2. The van der Waals surface area contributed by atoms with Crippen molar-refractivity contribution in [2.45, 2.75) is 19.5 Å². The van der Waals surface area contributed by atoms with Crippen LogP contribution in [0.25, 0.3) is 6.08 Å². The van der Waals surface area contributed by atoms with E-state index in [-0.39, 0.29) is 28.9 Å². The van der Waals surface area contributed by atoms with E-state index in [9.17, 15) is 18.4 Å². The summed E-state index contributed by atoms with van der Waals surface area (Å²) in [6.07, 6.45) is 4.41. The molecule has 1 aliphatic rings. The van der Waals surface area contributed by atoms with Crippen molar-refractivity contribution in [1.82, 2.24) is 0 Å². The van der Waals surface area contributed by atoms with Crippen molar-refractivity contribution in [2.75, 3.05) is 17.7 Å². The molecule has 0 radical (unpaired) electrons. The molecule has 1 aliphatic carbocycles. The summed E-state index contributed by atoms with van der Waals surface area (Å²) in [4.78, 5) is 23.9. The lowest BCUT2D eigenvalue weighted by Crippen LogP contribution is -2.13. The quantitative estimate of drug-likeness (QED) is 0.646. The summed E-state index contributed by atoms with van der Waals surface area (Å²) in [6.45, 7) is -3.02. The molecule has 1 fully saturated rings. The first-order chi connectivity index (χ1) is 14.0. The first-order valence-electron chi connectivity index (χ1n) is 8.98. The molecule has 2 amide bonds. The topological polar surface area (TPSA) is 76.7 Å². The SMILES string of the molecule is COc1cccc(/C=C/C(=O)Nc2ccc(NC(=O)C3CC3)cc2)c1OC(F)F. The number of rotatable bonds is 8. The van der Waals surface area contributed by atoms with E-state index in [0.29, 0.717) is 11.4 Å². The average Bonchev–Trinajstić information content (AvgIpc) is 3.53. The molecule has 0 aliphatic heterocycles. The summed E-state index contributed by atoms with van der Waals surface area (Å²) in [7, 11) is 1.34. The van der Waals surface area contributed by atoms with Gasteiger partial charge in [0.15, 0.2) is 11.5 Å². The number of amides is 2. The summed E-state index contributed by atoms with van der Waals surface area (Å²) in [5, 5.41) is 5.47. The Balaban J connectivity index is 1.63. The van der Waals surface area contributed by atoms with Gasteiger partial charge in [0.2, 0.25) is 11.8 Å². The van der Waals surface area contributed by atoms with Gasteiger partial charge in [-0.15, -0.1) is 0 Å². The first kappa shape index (κ1) is 20.3. The van der Waals surface area contributed by atoms with Crippen molar-refractivity contribution >= 4 is 29.3 Å². The monoisotopic (exact) mass is 402 g/mol. The third-order valence-corrected chi connectivity index (χ3v) is 4.22. The number of hydrogen-bond acceptors (Lipinski definition) is 4. The van der Waals surface area contributed by atoms with Gasteiger partial charge in [-0.2, -0.15) is 8.78 Å². The van der Waals surface area contributed by atoms with Gasteiger partial charge in [-0.25, -0.2) is 0 Å². The van der Waals surface area contributed by atoms with E-state index in [1.165, 1.54) is 31.4 Å². The summed E-state index contributed by atoms with van der Waals surface area (Å²) < 4.78 is 34.8. The van der Waals surface area contributed by atoms with Crippen LogP contribution in [0.4, 0.5) is 20.2 Å². The number of halogens is 2. The third kappa shape index (κ3) is 5.78.